The van der Waals surface area contributed by atoms with Crippen LogP contribution in [0, 0.1) is 5.82 Å². The van der Waals surface area contributed by atoms with Crippen LogP contribution in [0.5, 0.6) is 5.75 Å². The molecule has 3 aromatic rings. The summed E-state index contributed by atoms with van der Waals surface area (Å²) in [6.45, 7) is 1.12. The minimum Gasteiger partial charge on any atom is -0.497 e. The third kappa shape index (κ3) is 4.95. The monoisotopic (exact) mass is 513 g/mol. The van der Waals surface area contributed by atoms with Crippen molar-refractivity contribution in [2.24, 2.45) is 0 Å². The number of carbonyl (C=O) groups is 2. The lowest BCUT2D eigenvalue weighted by Gasteiger charge is -2.24. The highest BCUT2D eigenvalue weighted by atomic mass is 35.5. The molecule has 1 aliphatic rings. The van der Waals surface area contributed by atoms with Crippen molar-refractivity contribution in [1.82, 2.24) is 20.2 Å². The summed E-state index contributed by atoms with van der Waals surface area (Å²) < 4.78 is 19.0. The molecule has 0 saturated carbocycles. The average molecular weight is 514 g/mol. The van der Waals surface area contributed by atoms with Crippen molar-refractivity contribution < 1.29 is 23.8 Å². The van der Waals surface area contributed by atoms with Crippen LogP contribution in [0.1, 0.15) is 40.5 Å². The zero-order valence-corrected chi connectivity index (χ0v) is 20.6. The van der Waals surface area contributed by atoms with Gasteiger partial charge in [0.05, 0.1) is 42.7 Å². The Hall–Kier alpha value is -3.76. The zero-order valence-electron chi connectivity index (χ0n) is 19.9. The molecule has 0 unspecified atom stereocenters. The van der Waals surface area contributed by atoms with E-state index < -0.39 is 24.4 Å². The first kappa shape index (κ1) is 25.3. The zero-order chi connectivity index (χ0) is 26.0. The fraction of sp³-hybridized carbons (Fsp3) is 0.280. The molecule has 36 heavy (non-hydrogen) atoms. The van der Waals surface area contributed by atoms with Crippen LogP contribution in [0.4, 0.5) is 10.3 Å². The molecule has 1 aromatic heterocycles. The molecule has 2 aromatic carbocycles. The van der Waals surface area contributed by atoms with Gasteiger partial charge in [0, 0.05) is 24.2 Å². The van der Waals surface area contributed by atoms with Gasteiger partial charge in [-0.3, -0.25) is 9.59 Å². The van der Waals surface area contributed by atoms with E-state index in [9.17, 15) is 19.1 Å². The van der Waals surface area contributed by atoms with Crippen LogP contribution in [0.15, 0.2) is 42.6 Å². The second-order valence-corrected chi connectivity index (χ2v) is 8.69. The van der Waals surface area contributed by atoms with Gasteiger partial charge in [-0.15, -0.1) is 0 Å². The van der Waals surface area contributed by atoms with Crippen molar-refractivity contribution in [2.75, 3.05) is 32.6 Å². The molecule has 0 bridgehead atoms. The topological polar surface area (TPSA) is 117 Å². The third-order valence-electron chi connectivity index (χ3n) is 6.07. The van der Waals surface area contributed by atoms with Gasteiger partial charge in [-0.1, -0.05) is 23.7 Å². The minimum atomic E-state index is -0.870. The number of aliphatic hydroxyl groups is 1. The number of hydrogen-bond acceptors (Lipinski definition) is 7. The number of anilines is 1. The molecule has 3 N–H and O–H groups in total. The number of rotatable bonds is 8. The Morgan fingerprint density at radius 3 is 2.78 bits per heavy atom. The standard InChI is InChI=1S/C25H25ClFN5O4/c1-13-18-5-4-14(23-20(26)10-29-25(28-2)31-23)8-19(18)24(35)32(13)11-22(34)30-21(12-33)15-6-16(27)9-17(7-15)36-3/h4-10,13,21,33H,11-12H2,1-3H3,(H,30,34)(H,28,29,31)/t13-,21-/m1/s1. The molecule has 2 atom stereocenters. The van der Waals surface area contributed by atoms with Crippen LogP contribution in [0.3, 0.4) is 0 Å². The molecule has 0 saturated heterocycles. The molecule has 9 nitrogen and oxygen atoms in total. The normalized spacial score (nSPS) is 15.4. The van der Waals surface area contributed by atoms with E-state index in [1.54, 1.807) is 13.1 Å². The highest BCUT2D eigenvalue weighted by molar-refractivity contribution is 6.33. The smallest absolute Gasteiger partial charge is 0.255 e. The van der Waals surface area contributed by atoms with Crippen molar-refractivity contribution in [3.63, 3.8) is 0 Å². The summed E-state index contributed by atoms with van der Waals surface area (Å²) in [4.78, 5) is 36.0. The molecule has 0 spiro atoms. The maximum atomic E-state index is 13.9. The van der Waals surface area contributed by atoms with Crippen LogP contribution >= 0.6 is 11.6 Å². The van der Waals surface area contributed by atoms with E-state index in [1.165, 1.54) is 36.4 Å². The van der Waals surface area contributed by atoms with E-state index in [-0.39, 0.29) is 24.2 Å². The van der Waals surface area contributed by atoms with E-state index in [0.717, 1.165) is 5.56 Å². The fourth-order valence-electron chi connectivity index (χ4n) is 4.18. The number of amides is 2. The highest BCUT2D eigenvalue weighted by Gasteiger charge is 2.35. The first-order valence-corrected chi connectivity index (χ1v) is 11.5. The number of halogens is 2. The second kappa shape index (κ2) is 10.5. The van der Waals surface area contributed by atoms with Gasteiger partial charge in [-0.25, -0.2) is 14.4 Å². The van der Waals surface area contributed by atoms with Gasteiger partial charge in [0.2, 0.25) is 11.9 Å². The molecule has 0 radical (unpaired) electrons. The Morgan fingerprint density at radius 1 is 1.31 bits per heavy atom. The molecule has 2 heterocycles. The number of carbonyl (C=O) groups excluding carboxylic acids is 2. The maximum absolute atomic E-state index is 13.9. The quantitative estimate of drug-likeness (QED) is 0.423. The molecule has 188 valence electrons. The molecule has 4 rings (SSSR count). The van der Waals surface area contributed by atoms with Crippen LogP contribution in [0.25, 0.3) is 11.3 Å². The summed E-state index contributed by atoms with van der Waals surface area (Å²) in [7, 11) is 3.09. The summed E-state index contributed by atoms with van der Waals surface area (Å²) in [5.74, 6) is -0.720. The molecular formula is C25H25ClFN5O4. The number of nitrogens with one attached hydrogen (secondary N) is 2. The Bertz CT molecular complexity index is 1320. The number of nitrogens with zero attached hydrogens (tertiary/aromatic N) is 3. The largest absolute Gasteiger partial charge is 0.497 e. The molecule has 0 fully saturated rings. The van der Waals surface area contributed by atoms with E-state index in [1.807, 2.05) is 19.1 Å². The van der Waals surface area contributed by atoms with Gasteiger partial charge in [0.25, 0.3) is 5.91 Å². The number of fused-ring (bicyclic) bond motifs is 1. The van der Waals surface area contributed by atoms with Crippen molar-refractivity contribution in [3.8, 4) is 17.0 Å². The summed E-state index contributed by atoms with van der Waals surface area (Å²) in [5.41, 5.74) is 2.68. The minimum absolute atomic E-state index is 0.245. The summed E-state index contributed by atoms with van der Waals surface area (Å²) in [6, 6.07) is 8.05. The molecule has 2 amide bonds. The summed E-state index contributed by atoms with van der Waals surface area (Å²) >= 11 is 6.29. The van der Waals surface area contributed by atoms with Crippen molar-refractivity contribution in [2.45, 2.75) is 19.0 Å². The van der Waals surface area contributed by atoms with Crippen molar-refractivity contribution in [3.05, 3.63) is 70.1 Å². The maximum Gasteiger partial charge on any atom is 0.255 e. The predicted octanol–water partition coefficient (Wildman–Crippen LogP) is 3.35. The SMILES string of the molecule is CNc1ncc(Cl)c(-c2ccc3c(c2)C(=O)N(CC(=O)N[C@H](CO)c2cc(F)cc(OC)c2)[C@@H]3C)n1. The third-order valence-corrected chi connectivity index (χ3v) is 6.34. The fourth-order valence-corrected chi connectivity index (χ4v) is 4.38. The van der Waals surface area contributed by atoms with Gasteiger partial charge in [-0.05, 0) is 36.2 Å². The van der Waals surface area contributed by atoms with E-state index in [4.69, 9.17) is 16.3 Å². The first-order valence-electron chi connectivity index (χ1n) is 11.2. The molecule has 0 aliphatic carbocycles. The Morgan fingerprint density at radius 2 is 2.08 bits per heavy atom. The Labute approximate surface area is 212 Å². The lowest BCUT2D eigenvalue weighted by atomic mass is 10.0. The van der Waals surface area contributed by atoms with Crippen LogP contribution in [-0.4, -0.2) is 59.1 Å². The second-order valence-electron chi connectivity index (χ2n) is 8.28. The summed E-state index contributed by atoms with van der Waals surface area (Å²) in [5, 5.41) is 15.7. The number of aromatic nitrogens is 2. The number of hydrogen-bond donors (Lipinski definition) is 3. The molecular weight excluding hydrogens is 489 g/mol. The first-order chi connectivity index (χ1) is 17.2. The number of methoxy groups -OCH3 is 1. The highest BCUT2D eigenvalue weighted by Crippen LogP contribution is 2.36. The van der Waals surface area contributed by atoms with Crippen LogP contribution in [-0.2, 0) is 4.79 Å². The van der Waals surface area contributed by atoms with Gasteiger partial charge >= 0.3 is 0 Å². The van der Waals surface area contributed by atoms with Crippen molar-refractivity contribution >= 4 is 29.4 Å². The number of benzene rings is 2. The lowest BCUT2D eigenvalue weighted by Crippen LogP contribution is -2.41. The number of ether oxygens (including phenoxy) is 1. The molecule has 11 heteroatoms. The number of aliphatic hydroxyl groups excluding tert-OH is 1. The van der Waals surface area contributed by atoms with Crippen molar-refractivity contribution in [1.29, 1.82) is 0 Å². The van der Waals surface area contributed by atoms with Gasteiger partial charge < -0.3 is 25.4 Å². The van der Waals surface area contributed by atoms with E-state index in [2.05, 4.69) is 20.6 Å². The van der Waals surface area contributed by atoms with Crippen LogP contribution < -0.4 is 15.4 Å². The van der Waals surface area contributed by atoms with Gasteiger partial charge in [0.15, 0.2) is 0 Å². The van der Waals surface area contributed by atoms with Gasteiger partial charge in [0.1, 0.15) is 18.1 Å². The van der Waals surface area contributed by atoms with Crippen LogP contribution in [0.2, 0.25) is 5.02 Å². The van der Waals surface area contributed by atoms with E-state index >= 15 is 0 Å². The average Bonchev–Trinajstić information content (AvgIpc) is 3.11. The Kier molecular flexibility index (Phi) is 7.37. The predicted molar refractivity (Wildman–Crippen MR) is 132 cm³/mol. The van der Waals surface area contributed by atoms with Gasteiger partial charge in [-0.2, -0.15) is 0 Å². The Balaban J connectivity index is 1.52. The lowest BCUT2D eigenvalue weighted by molar-refractivity contribution is -0.123. The van der Waals surface area contributed by atoms with E-state index in [0.29, 0.717) is 33.4 Å². The molecule has 1 aliphatic heterocycles. The summed E-state index contributed by atoms with van der Waals surface area (Å²) in [6.07, 6.45) is 1.48.